The zero-order valence-electron chi connectivity index (χ0n) is 8.61. The SMILES string of the molecule is CC[C@@H](C)N=CC1C(=O)NC(=O)NC1=O. The Hall–Kier alpha value is -1.72. The van der Waals surface area contributed by atoms with Crippen molar-refractivity contribution < 1.29 is 14.4 Å². The third kappa shape index (κ3) is 2.87. The smallest absolute Gasteiger partial charge is 0.293 e. The summed E-state index contributed by atoms with van der Waals surface area (Å²) in [6.45, 7) is 3.83. The maximum Gasteiger partial charge on any atom is 0.328 e. The molecule has 0 unspecified atom stereocenters. The average Bonchev–Trinajstić information content (AvgIpc) is 2.15. The van der Waals surface area contributed by atoms with Crippen LogP contribution < -0.4 is 10.6 Å². The van der Waals surface area contributed by atoms with Gasteiger partial charge in [0.1, 0.15) is 0 Å². The van der Waals surface area contributed by atoms with Gasteiger partial charge in [-0.15, -0.1) is 0 Å². The van der Waals surface area contributed by atoms with Crippen LogP contribution in [-0.2, 0) is 9.59 Å². The van der Waals surface area contributed by atoms with Crippen LogP contribution in [0.3, 0.4) is 0 Å². The van der Waals surface area contributed by atoms with Crippen LogP contribution in [0.4, 0.5) is 4.79 Å². The van der Waals surface area contributed by atoms with E-state index in [4.69, 9.17) is 0 Å². The van der Waals surface area contributed by atoms with Gasteiger partial charge in [0.05, 0.1) is 0 Å². The lowest BCUT2D eigenvalue weighted by Crippen LogP contribution is -2.56. The number of carbonyl (C=O) groups excluding carboxylic acids is 3. The lowest BCUT2D eigenvalue weighted by molar-refractivity contribution is -0.132. The van der Waals surface area contributed by atoms with Crippen LogP contribution in [0.1, 0.15) is 20.3 Å². The fraction of sp³-hybridized carbons (Fsp3) is 0.556. The van der Waals surface area contributed by atoms with Gasteiger partial charge in [-0.2, -0.15) is 0 Å². The molecule has 0 aromatic rings. The average molecular weight is 211 g/mol. The van der Waals surface area contributed by atoms with Crippen molar-refractivity contribution in [1.82, 2.24) is 10.6 Å². The molecule has 15 heavy (non-hydrogen) atoms. The highest BCUT2D eigenvalue weighted by Gasteiger charge is 2.32. The number of rotatable bonds is 3. The first-order chi connectivity index (χ1) is 7.04. The fourth-order valence-corrected chi connectivity index (χ4v) is 1.00. The first-order valence-corrected chi connectivity index (χ1v) is 4.73. The summed E-state index contributed by atoms with van der Waals surface area (Å²) in [6, 6.07) is -0.721. The molecular weight excluding hydrogens is 198 g/mol. The third-order valence-electron chi connectivity index (χ3n) is 2.12. The van der Waals surface area contributed by atoms with E-state index < -0.39 is 23.8 Å². The van der Waals surface area contributed by atoms with Crippen molar-refractivity contribution in [3.8, 4) is 0 Å². The molecule has 0 aromatic heterocycles. The van der Waals surface area contributed by atoms with Crippen LogP contribution in [0, 0.1) is 5.92 Å². The van der Waals surface area contributed by atoms with Gasteiger partial charge in [-0.1, -0.05) is 6.92 Å². The molecule has 6 heteroatoms. The summed E-state index contributed by atoms with van der Waals surface area (Å²) < 4.78 is 0. The number of hydrogen-bond acceptors (Lipinski definition) is 4. The summed E-state index contributed by atoms with van der Waals surface area (Å²) in [5.74, 6) is -2.26. The molecule has 2 N–H and O–H groups in total. The predicted octanol–water partition coefficient (Wildman–Crippen LogP) is -0.162. The largest absolute Gasteiger partial charge is 0.328 e. The molecule has 1 atom stereocenters. The van der Waals surface area contributed by atoms with E-state index in [1.165, 1.54) is 6.21 Å². The van der Waals surface area contributed by atoms with Crippen LogP contribution in [0.5, 0.6) is 0 Å². The minimum Gasteiger partial charge on any atom is -0.293 e. The minimum absolute atomic E-state index is 0.0585. The minimum atomic E-state index is -1.00. The van der Waals surface area contributed by atoms with Crippen molar-refractivity contribution in [3.63, 3.8) is 0 Å². The Bertz CT molecular complexity index is 305. The quantitative estimate of drug-likeness (QED) is 0.502. The second-order valence-electron chi connectivity index (χ2n) is 3.34. The Morgan fingerprint density at radius 2 is 1.87 bits per heavy atom. The van der Waals surface area contributed by atoms with Crippen LogP contribution in [0.25, 0.3) is 0 Å². The lowest BCUT2D eigenvalue weighted by atomic mass is 10.1. The number of amides is 4. The molecule has 6 nitrogen and oxygen atoms in total. The molecule has 0 spiro atoms. The highest BCUT2D eigenvalue weighted by Crippen LogP contribution is 2.01. The molecule has 1 fully saturated rings. The molecule has 0 aliphatic carbocycles. The summed E-state index contributed by atoms with van der Waals surface area (Å²) in [5, 5.41) is 4.00. The summed E-state index contributed by atoms with van der Waals surface area (Å²) >= 11 is 0. The van der Waals surface area contributed by atoms with Gasteiger partial charge in [0, 0.05) is 12.3 Å². The van der Waals surface area contributed by atoms with Crippen molar-refractivity contribution in [1.29, 1.82) is 0 Å². The van der Waals surface area contributed by atoms with E-state index >= 15 is 0 Å². The third-order valence-corrected chi connectivity index (χ3v) is 2.12. The Balaban J connectivity index is 2.68. The van der Waals surface area contributed by atoms with Crippen LogP contribution >= 0.6 is 0 Å². The molecule has 1 aliphatic heterocycles. The van der Waals surface area contributed by atoms with Crippen molar-refractivity contribution in [2.24, 2.45) is 10.9 Å². The van der Waals surface area contributed by atoms with E-state index in [0.29, 0.717) is 0 Å². The van der Waals surface area contributed by atoms with Gasteiger partial charge >= 0.3 is 6.03 Å². The number of carbonyl (C=O) groups is 3. The first-order valence-electron chi connectivity index (χ1n) is 4.73. The molecule has 82 valence electrons. The van der Waals surface area contributed by atoms with E-state index in [1.54, 1.807) is 0 Å². The van der Waals surface area contributed by atoms with Crippen molar-refractivity contribution in [2.45, 2.75) is 26.3 Å². The first kappa shape index (κ1) is 11.4. The van der Waals surface area contributed by atoms with E-state index in [1.807, 2.05) is 24.5 Å². The number of imide groups is 2. The highest BCUT2D eigenvalue weighted by molar-refractivity contribution is 6.23. The Morgan fingerprint density at radius 1 is 1.33 bits per heavy atom. The van der Waals surface area contributed by atoms with E-state index in [9.17, 15) is 14.4 Å². The van der Waals surface area contributed by atoms with Gasteiger partial charge in [-0.25, -0.2) is 4.79 Å². The van der Waals surface area contributed by atoms with Crippen LogP contribution in [0.15, 0.2) is 4.99 Å². The number of aliphatic imine (C=N–C) groups is 1. The molecule has 1 rings (SSSR count). The number of barbiturate groups is 1. The van der Waals surface area contributed by atoms with Crippen molar-refractivity contribution >= 4 is 24.1 Å². The normalized spacial score (nSPS) is 20.3. The second-order valence-corrected chi connectivity index (χ2v) is 3.34. The van der Waals surface area contributed by atoms with Crippen LogP contribution in [-0.4, -0.2) is 30.1 Å². The highest BCUT2D eigenvalue weighted by atomic mass is 16.2. The summed E-state index contributed by atoms with van der Waals surface area (Å²) in [4.78, 5) is 37.2. The Morgan fingerprint density at radius 3 is 2.33 bits per heavy atom. The fourth-order valence-electron chi connectivity index (χ4n) is 1.00. The molecule has 1 heterocycles. The van der Waals surface area contributed by atoms with Gasteiger partial charge in [-0.3, -0.25) is 25.2 Å². The zero-order valence-corrected chi connectivity index (χ0v) is 8.61. The number of hydrogen-bond donors (Lipinski definition) is 2. The maximum atomic E-state index is 11.2. The predicted molar refractivity (Wildman–Crippen MR) is 53.4 cm³/mol. The number of nitrogens with one attached hydrogen (secondary N) is 2. The molecule has 0 aromatic carbocycles. The van der Waals surface area contributed by atoms with Gasteiger partial charge in [0.2, 0.25) is 11.8 Å². The molecule has 0 saturated carbocycles. The number of urea groups is 1. The topological polar surface area (TPSA) is 87.6 Å². The van der Waals surface area contributed by atoms with Gasteiger partial charge in [0.15, 0.2) is 5.92 Å². The standard InChI is InChI=1S/C9H13N3O3/c1-3-5(2)10-4-6-7(13)11-9(15)12-8(6)14/h4-6H,3H2,1-2H3,(H2,11,12,13,14,15)/t5-/m1/s1. The van der Waals surface area contributed by atoms with Gasteiger partial charge in [0.25, 0.3) is 0 Å². The zero-order chi connectivity index (χ0) is 11.4. The Labute approximate surface area is 87.1 Å². The summed E-state index contributed by atoms with van der Waals surface area (Å²) in [5.41, 5.74) is 0. The second kappa shape index (κ2) is 4.68. The van der Waals surface area contributed by atoms with Crippen molar-refractivity contribution in [3.05, 3.63) is 0 Å². The van der Waals surface area contributed by atoms with Gasteiger partial charge < -0.3 is 0 Å². The van der Waals surface area contributed by atoms with E-state index in [-0.39, 0.29) is 6.04 Å². The lowest BCUT2D eigenvalue weighted by Gasteiger charge is -2.17. The number of nitrogens with zero attached hydrogens (tertiary/aromatic N) is 1. The molecular formula is C9H13N3O3. The van der Waals surface area contributed by atoms with Crippen molar-refractivity contribution in [2.75, 3.05) is 0 Å². The Kier molecular flexibility index (Phi) is 3.54. The molecule has 1 saturated heterocycles. The van der Waals surface area contributed by atoms with Gasteiger partial charge in [-0.05, 0) is 13.3 Å². The van der Waals surface area contributed by atoms with E-state index in [0.717, 1.165) is 6.42 Å². The molecule has 0 bridgehead atoms. The van der Waals surface area contributed by atoms with Crippen LogP contribution in [0.2, 0.25) is 0 Å². The monoisotopic (exact) mass is 211 g/mol. The summed E-state index contributed by atoms with van der Waals surface area (Å²) in [6.07, 6.45) is 2.11. The van der Waals surface area contributed by atoms with E-state index in [2.05, 4.69) is 4.99 Å². The molecule has 1 aliphatic rings. The molecule has 4 amide bonds. The maximum absolute atomic E-state index is 11.2. The summed E-state index contributed by atoms with van der Waals surface area (Å²) in [7, 11) is 0. The molecule has 0 radical (unpaired) electrons.